The Bertz CT molecular complexity index is 360. The van der Waals surface area contributed by atoms with Gasteiger partial charge in [-0.05, 0) is 18.4 Å². The van der Waals surface area contributed by atoms with E-state index in [1.54, 1.807) is 18.3 Å². The molecule has 5 nitrogen and oxygen atoms in total. The highest BCUT2D eigenvalue weighted by molar-refractivity contribution is 7.98. The van der Waals surface area contributed by atoms with Crippen LogP contribution in [0.4, 0.5) is 0 Å². The summed E-state index contributed by atoms with van der Waals surface area (Å²) in [6.45, 7) is -0.346. The highest BCUT2D eigenvalue weighted by atomic mass is 32.2. The number of pyridine rings is 1. The first-order valence-corrected chi connectivity index (χ1v) is 5.97. The minimum atomic E-state index is -0.932. The number of hydrogen-bond donors (Lipinski definition) is 3. The zero-order valence-electron chi connectivity index (χ0n) is 8.88. The monoisotopic (exact) mass is 242 g/mol. The highest BCUT2D eigenvalue weighted by Gasteiger charge is 2.12. The van der Waals surface area contributed by atoms with E-state index in [0.29, 0.717) is 10.6 Å². The zero-order valence-corrected chi connectivity index (χ0v) is 9.70. The largest absolute Gasteiger partial charge is 0.394 e. The number of aliphatic hydroxyl groups excluding tert-OH is 2. The maximum atomic E-state index is 11.7. The van der Waals surface area contributed by atoms with Crippen LogP contribution in [0.1, 0.15) is 10.4 Å². The van der Waals surface area contributed by atoms with Gasteiger partial charge < -0.3 is 15.5 Å². The van der Waals surface area contributed by atoms with Gasteiger partial charge in [-0.15, -0.1) is 11.8 Å². The van der Waals surface area contributed by atoms with Crippen molar-refractivity contribution < 1.29 is 15.0 Å². The number of nitrogens with zero attached hydrogens (tertiary/aromatic N) is 1. The molecule has 16 heavy (non-hydrogen) atoms. The molecule has 1 heterocycles. The summed E-state index contributed by atoms with van der Waals surface area (Å²) in [5.74, 6) is -0.301. The molecule has 3 N–H and O–H groups in total. The Morgan fingerprint density at radius 1 is 1.69 bits per heavy atom. The molecule has 1 unspecified atom stereocenters. The Kier molecular flexibility index (Phi) is 5.24. The minimum absolute atomic E-state index is 0.0258. The fourth-order valence-electron chi connectivity index (χ4n) is 1.10. The Labute approximate surface area is 97.9 Å². The van der Waals surface area contributed by atoms with E-state index in [-0.39, 0.29) is 19.1 Å². The average molecular weight is 242 g/mol. The van der Waals surface area contributed by atoms with E-state index < -0.39 is 6.10 Å². The van der Waals surface area contributed by atoms with Gasteiger partial charge in [0.05, 0.1) is 18.3 Å². The van der Waals surface area contributed by atoms with Crippen LogP contribution in [0.2, 0.25) is 0 Å². The number of carbonyl (C=O) groups excluding carboxylic acids is 1. The third-order valence-electron chi connectivity index (χ3n) is 1.92. The molecule has 0 fully saturated rings. The summed E-state index contributed by atoms with van der Waals surface area (Å²) < 4.78 is 0. The number of aromatic nitrogens is 1. The molecule has 0 aromatic carbocycles. The van der Waals surface area contributed by atoms with Gasteiger partial charge in [0.25, 0.3) is 5.91 Å². The fourth-order valence-corrected chi connectivity index (χ4v) is 1.64. The fraction of sp³-hybridized carbons (Fsp3) is 0.400. The Hall–Kier alpha value is -1.11. The number of amides is 1. The Morgan fingerprint density at radius 2 is 2.44 bits per heavy atom. The van der Waals surface area contributed by atoms with Gasteiger partial charge in [-0.2, -0.15) is 0 Å². The summed E-state index contributed by atoms with van der Waals surface area (Å²) in [7, 11) is 0. The zero-order chi connectivity index (χ0) is 12.0. The third-order valence-corrected chi connectivity index (χ3v) is 2.63. The molecule has 0 aliphatic rings. The Morgan fingerprint density at radius 3 is 3.06 bits per heavy atom. The van der Waals surface area contributed by atoms with Gasteiger partial charge in [0.1, 0.15) is 5.03 Å². The lowest BCUT2D eigenvalue weighted by atomic mass is 10.2. The molecular formula is C10H14N2O3S. The molecule has 88 valence electrons. The lowest BCUT2D eigenvalue weighted by Gasteiger charge is -2.10. The molecule has 0 radical (unpaired) electrons. The molecule has 1 atom stereocenters. The van der Waals surface area contributed by atoms with E-state index in [1.807, 2.05) is 6.26 Å². The second-order valence-electron chi connectivity index (χ2n) is 3.11. The third kappa shape index (κ3) is 3.48. The molecule has 0 aliphatic carbocycles. The minimum Gasteiger partial charge on any atom is -0.394 e. The van der Waals surface area contributed by atoms with Gasteiger partial charge in [0.15, 0.2) is 0 Å². The van der Waals surface area contributed by atoms with E-state index in [2.05, 4.69) is 10.3 Å². The van der Waals surface area contributed by atoms with Crippen molar-refractivity contribution in [1.82, 2.24) is 10.3 Å². The second-order valence-corrected chi connectivity index (χ2v) is 3.90. The van der Waals surface area contributed by atoms with Crippen molar-refractivity contribution in [3.8, 4) is 0 Å². The van der Waals surface area contributed by atoms with Crippen LogP contribution in [-0.2, 0) is 0 Å². The van der Waals surface area contributed by atoms with Crippen LogP contribution >= 0.6 is 11.8 Å². The molecule has 0 bridgehead atoms. The van der Waals surface area contributed by atoms with Crippen molar-refractivity contribution in [2.24, 2.45) is 0 Å². The molecule has 1 amide bonds. The molecule has 0 saturated carbocycles. The van der Waals surface area contributed by atoms with Crippen molar-refractivity contribution in [3.05, 3.63) is 23.9 Å². The summed E-state index contributed by atoms with van der Waals surface area (Å²) >= 11 is 1.38. The molecule has 1 aromatic heterocycles. The van der Waals surface area contributed by atoms with Crippen LogP contribution in [-0.4, -0.2) is 46.6 Å². The highest BCUT2D eigenvalue weighted by Crippen LogP contribution is 2.16. The number of hydrogen-bond acceptors (Lipinski definition) is 5. The second kappa shape index (κ2) is 6.47. The van der Waals surface area contributed by atoms with E-state index in [9.17, 15) is 4.79 Å². The lowest BCUT2D eigenvalue weighted by Crippen LogP contribution is -2.34. The summed E-state index contributed by atoms with van der Waals surface area (Å²) in [5, 5.41) is 20.9. The van der Waals surface area contributed by atoms with E-state index in [0.717, 1.165) is 0 Å². The summed E-state index contributed by atoms with van der Waals surface area (Å²) in [6, 6.07) is 3.34. The standard InChI is InChI=1S/C10H14N2O3S/c1-16-10-8(3-2-4-11-10)9(15)12-5-7(14)6-13/h2-4,7,13-14H,5-6H2,1H3,(H,12,15). The summed E-state index contributed by atoms with van der Waals surface area (Å²) in [4.78, 5) is 15.7. The van der Waals surface area contributed by atoms with Gasteiger partial charge in [-0.1, -0.05) is 0 Å². The average Bonchev–Trinajstić information content (AvgIpc) is 2.35. The van der Waals surface area contributed by atoms with Crippen molar-refractivity contribution in [2.75, 3.05) is 19.4 Å². The normalized spacial score (nSPS) is 12.2. The number of rotatable bonds is 5. The number of aliphatic hydroxyl groups is 2. The molecule has 0 aliphatic heterocycles. The van der Waals surface area contributed by atoms with Gasteiger partial charge in [-0.3, -0.25) is 4.79 Å². The number of nitrogens with one attached hydrogen (secondary N) is 1. The SMILES string of the molecule is CSc1ncccc1C(=O)NCC(O)CO. The molecular weight excluding hydrogens is 228 g/mol. The summed E-state index contributed by atoms with van der Waals surface area (Å²) in [6.07, 6.45) is 2.52. The van der Waals surface area contributed by atoms with Crippen LogP contribution < -0.4 is 5.32 Å². The van der Waals surface area contributed by atoms with Crippen molar-refractivity contribution in [1.29, 1.82) is 0 Å². The molecule has 1 rings (SSSR count). The van der Waals surface area contributed by atoms with Gasteiger partial charge >= 0.3 is 0 Å². The smallest absolute Gasteiger partial charge is 0.254 e. The first kappa shape index (κ1) is 13.0. The Balaban J connectivity index is 2.65. The van der Waals surface area contributed by atoms with Crippen molar-refractivity contribution in [2.45, 2.75) is 11.1 Å². The predicted molar refractivity (Wildman–Crippen MR) is 61.4 cm³/mol. The van der Waals surface area contributed by atoms with Crippen molar-refractivity contribution >= 4 is 17.7 Å². The van der Waals surface area contributed by atoms with Gasteiger partial charge in [-0.25, -0.2) is 4.98 Å². The van der Waals surface area contributed by atoms with Gasteiger partial charge in [0.2, 0.25) is 0 Å². The van der Waals surface area contributed by atoms with Gasteiger partial charge in [0, 0.05) is 12.7 Å². The number of carbonyl (C=O) groups is 1. The summed E-state index contributed by atoms with van der Waals surface area (Å²) in [5.41, 5.74) is 0.472. The van der Waals surface area contributed by atoms with Crippen molar-refractivity contribution in [3.63, 3.8) is 0 Å². The van der Waals surface area contributed by atoms with Crippen LogP contribution in [0.25, 0.3) is 0 Å². The predicted octanol–water partition coefficient (Wildman–Crippen LogP) is -0.113. The van der Waals surface area contributed by atoms with Crippen LogP contribution in [0.3, 0.4) is 0 Å². The van der Waals surface area contributed by atoms with Crippen LogP contribution in [0, 0.1) is 0 Å². The van der Waals surface area contributed by atoms with Crippen LogP contribution in [0.5, 0.6) is 0 Å². The maximum absolute atomic E-state index is 11.7. The lowest BCUT2D eigenvalue weighted by molar-refractivity contribution is 0.0799. The maximum Gasteiger partial charge on any atom is 0.254 e. The quantitative estimate of drug-likeness (QED) is 0.627. The first-order valence-electron chi connectivity index (χ1n) is 4.75. The molecule has 0 spiro atoms. The topological polar surface area (TPSA) is 82.5 Å². The van der Waals surface area contributed by atoms with E-state index in [4.69, 9.17) is 10.2 Å². The molecule has 0 saturated heterocycles. The van der Waals surface area contributed by atoms with E-state index in [1.165, 1.54) is 11.8 Å². The van der Waals surface area contributed by atoms with Crippen LogP contribution in [0.15, 0.2) is 23.4 Å². The van der Waals surface area contributed by atoms with E-state index >= 15 is 0 Å². The molecule has 1 aromatic rings. The first-order chi connectivity index (χ1) is 7.69. The number of thioether (sulfide) groups is 1. The molecule has 6 heteroatoms.